The molecule has 5 heteroatoms. The molecular weight excluding hydrogens is 232 g/mol. The minimum absolute atomic E-state index is 0.532. The van der Waals surface area contributed by atoms with Gasteiger partial charge in [0.05, 0.1) is 29.6 Å². The Hall–Kier alpha value is -1.46. The van der Waals surface area contributed by atoms with E-state index >= 15 is 0 Å². The van der Waals surface area contributed by atoms with Gasteiger partial charge in [0.1, 0.15) is 0 Å². The summed E-state index contributed by atoms with van der Waals surface area (Å²) in [5.41, 5.74) is 10.9. The smallest absolute Gasteiger partial charge is 0.0798 e. The van der Waals surface area contributed by atoms with E-state index in [2.05, 4.69) is 21.9 Å². The molecule has 17 heavy (non-hydrogen) atoms. The molecule has 0 fully saturated rings. The van der Waals surface area contributed by atoms with Crippen molar-refractivity contribution in [3.8, 4) is 0 Å². The standard InChI is InChI=1S/C12H16N4S/c1-9-12(17-8-15-9)7-16(2)11-6-14-4-3-10(11)5-13/h3-4,6,8H,5,7,13H2,1-2H3. The van der Waals surface area contributed by atoms with Crippen molar-refractivity contribution in [2.45, 2.75) is 20.0 Å². The van der Waals surface area contributed by atoms with E-state index in [4.69, 9.17) is 5.73 Å². The summed E-state index contributed by atoms with van der Waals surface area (Å²) in [6, 6.07) is 1.96. The highest BCUT2D eigenvalue weighted by atomic mass is 32.1. The van der Waals surface area contributed by atoms with E-state index in [0.717, 1.165) is 23.5 Å². The Balaban J connectivity index is 2.20. The first-order valence-electron chi connectivity index (χ1n) is 5.45. The summed E-state index contributed by atoms with van der Waals surface area (Å²) in [6.07, 6.45) is 3.63. The molecule has 2 aromatic rings. The van der Waals surface area contributed by atoms with Gasteiger partial charge in [0.25, 0.3) is 0 Å². The zero-order valence-corrected chi connectivity index (χ0v) is 10.9. The average Bonchev–Trinajstić information content (AvgIpc) is 2.75. The van der Waals surface area contributed by atoms with Gasteiger partial charge in [-0.15, -0.1) is 11.3 Å². The molecule has 0 aliphatic heterocycles. The number of pyridine rings is 1. The van der Waals surface area contributed by atoms with Gasteiger partial charge in [0, 0.05) is 24.7 Å². The SMILES string of the molecule is Cc1ncsc1CN(C)c1cnccc1CN. The largest absolute Gasteiger partial charge is 0.368 e. The fourth-order valence-corrected chi connectivity index (χ4v) is 2.54. The van der Waals surface area contributed by atoms with Gasteiger partial charge in [0.15, 0.2) is 0 Å². The van der Waals surface area contributed by atoms with Crippen molar-refractivity contribution in [2.75, 3.05) is 11.9 Å². The van der Waals surface area contributed by atoms with E-state index < -0.39 is 0 Å². The summed E-state index contributed by atoms with van der Waals surface area (Å²) in [7, 11) is 2.05. The predicted molar refractivity (Wildman–Crippen MR) is 71.1 cm³/mol. The second-order valence-electron chi connectivity index (χ2n) is 3.93. The highest BCUT2D eigenvalue weighted by Gasteiger charge is 2.09. The van der Waals surface area contributed by atoms with E-state index in [9.17, 15) is 0 Å². The van der Waals surface area contributed by atoms with Crippen LogP contribution in [0.4, 0.5) is 5.69 Å². The third-order valence-electron chi connectivity index (χ3n) is 2.74. The van der Waals surface area contributed by atoms with Crippen molar-refractivity contribution < 1.29 is 0 Å². The van der Waals surface area contributed by atoms with Crippen LogP contribution in [-0.4, -0.2) is 17.0 Å². The second kappa shape index (κ2) is 5.25. The van der Waals surface area contributed by atoms with Crippen LogP contribution in [0.3, 0.4) is 0 Å². The van der Waals surface area contributed by atoms with E-state index in [1.807, 2.05) is 24.7 Å². The number of aryl methyl sites for hydroxylation is 1. The Labute approximate surface area is 105 Å². The predicted octanol–water partition coefficient (Wildman–Crippen LogP) is 1.94. The Bertz CT molecular complexity index is 495. The number of anilines is 1. The van der Waals surface area contributed by atoms with Crippen LogP contribution in [0.15, 0.2) is 24.0 Å². The number of hydrogen-bond acceptors (Lipinski definition) is 5. The molecule has 0 bridgehead atoms. The highest BCUT2D eigenvalue weighted by molar-refractivity contribution is 7.09. The average molecular weight is 248 g/mol. The molecule has 0 saturated carbocycles. The maximum Gasteiger partial charge on any atom is 0.0798 e. The lowest BCUT2D eigenvalue weighted by atomic mass is 10.2. The first kappa shape index (κ1) is 12.0. The molecule has 90 valence electrons. The Morgan fingerprint density at radius 1 is 1.47 bits per heavy atom. The lowest BCUT2D eigenvalue weighted by Crippen LogP contribution is -2.19. The molecule has 0 amide bonds. The quantitative estimate of drug-likeness (QED) is 0.898. The van der Waals surface area contributed by atoms with Crippen LogP contribution in [0.5, 0.6) is 0 Å². The third kappa shape index (κ3) is 2.62. The van der Waals surface area contributed by atoms with Crippen molar-refractivity contribution in [3.05, 3.63) is 40.1 Å². The summed E-state index contributed by atoms with van der Waals surface area (Å²) in [5.74, 6) is 0. The Morgan fingerprint density at radius 2 is 2.29 bits per heavy atom. The summed E-state index contributed by atoms with van der Waals surface area (Å²) >= 11 is 1.68. The maximum atomic E-state index is 5.73. The van der Waals surface area contributed by atoms with Crippen LogP contribution in [-0.2, 0) is 13.1 Å². The molecule has 0 atom stereocenters. The summed E-state index contributed by atoms with van der Waals surface area (Å²) in [5, 5.41) is 0. The van der Waals surface area contributed by atoms with Crippen molar-refractivity contribution in [1.82, 2.24) is 9.97 Å². The van der Waals surface area contributed by atoms with Crippen LogP contribution in [0.25, 0.3) is 0 Å². The Kier molecular flexibility index (Phi) is 3.71. The van der Waals surface area contributed by atoms with E-state index in [0.29, 0.717) is 6.54 Å². The number of hydrogen-bond donors (Lipinski definition) is 1. The molecule has 0 spiro atoms. The molecule has 0 aliphatic rings. The van der Waals surface area contributed by atoms with Gasteiger partial charge in [-0.05, 0) is 18.6 Å². The number of nitrogens with two attached hydrogens (primary N) is 1. The summed E-state index contributed by atoms with van der Waals surface area (Å²) in [4.78, 5) is 11.9. The van der Waals surface area contributed by atoms with E-state index in [1.165, 1.54) is 4.88 Å². The molecule has 2 aromatic heterocycles. The van der Waals surface area contributed by atoms with Gasteiger partial charge in [-0.2, -0.15) is 0 Å². The molecule has 0 aromatic carbocycles. The second-order valence-corrected chi connectivity index (χ2v) is 4.86. The van der Waals surface area contributed by atoms with Crippen LogP contribution in [0.1, 0.15) is 16.1 Å². The highest BCUT2D eigenvalue weighted by Crippen LogP contribution is 2.22. The first-order valence-corrected chi connectivity index (χ1v) is 6.33. The first-order chi connectivity index (χ1) is 8.22. The summed E-state index contributed by atoms with van der Waals surface area (Å²) < 4.78 is 0. The molecule has 4 nitrogen and oxygen atoms in total. The van der Waals surface area contributed by atoms with Crippen LogP contribution < -0.4 is 10.6 Å². The topological polar surface area (TPSA) is 55.0 Å². The van der Waals surface area contributed by atoms with Gasteiger partial charge in [-0.3, -0.25) is 4.98 Å². The van der Waals surface area contributed by atoms with Crippen LogP contribution in [0.2, 0.25) is 0 Å². The van der Waals surface area contributed by atoms with Gasteiger partial charge < -0.3 is 10.6 Å². The number of rotatable bonds is 4. The molecule has 0 unspecified atom stereocenters. The zero-order valence-electron chi connectivity index (χ0n) is 10.1. The minimum Gasteiger partial charge on any atom is -0.368 e. The number of nitrogens with zero attached hydrogens (tertiary/aromatic N) is 3. The lowest BCUT2D eigenvalue weighted by molar-refractivity contribution is 0.900. The van der Waals surface area contributed by atoms with E-state index in [1.54, 1.807) is 17.5 Å². The fraction of sp³-hybridized carbons (Fsp3) is 0.333. The molecule has 2 heterocycles. The number of aromatic nitrogens is 2. The molecule has 2 rings (SSSR count). The van der Waals surface area contributed by atoms with Crippen molar-refractivity contribution in [3.63, 3.8) is 0 Å². The van der Waals surface area contributed by atoms with Crippen LogP contribution in [0, 0.1) is 6.92 Å². The Morgan fingerprint density at radius 3 is 2.94 bits per heavy atom. The summed E-state index contributed by atoms with van der Waals surface area (Å²) in [6.45, 7) is 3.41. The van der Waals surface area contributed by atoms with Gasteiger partial charge in [-0.1, -0.05) is 0 Å². The molecular formula is C12H16N4S. The van der Waals surface area contributed by atoms with Gasteiger partial charge in [0.2, 0.25) is 0 Å². The van der Waals surface area contributed by atoms with Crippen molar-refractivity contribution >= 4 is 17.0 Å². The third-order valence-corrected chi connectivity index (χ3v) is 3.66. The van der Waals surface area contributed by atoms with Crippen molar-refractivity contribution in [1.29, 1.82) is 0 Å². The normalized spacial score (nSPS) is 10.5. The van der Waals surface area contributed by atoms with Gasteiger partial charge >= 0.3 is 0 Å². The fourth-order valence-electron chi connectivity index (χ4n) is 1.71. The molecule has 0 saturated heterocycles. The maximum absolute atomic E-state index is 5.73. The van der Waals surface area contributed by atoms with Gasteiger partial charge in [-0.25, -0.2) is 4.98 Å². The van der Waals surface area contributed by atoms with E-state index in [-0.39, 0.29) is 0 Å². The van der Waals surface area contributed by atoms with Crippen molar-refractivity contribution in [2.24, 2.45) is 5.73 Å². The molecule has 0 radical (unpaired) electrons. The zero-order chi connectivity index (χ0) is 12.3. The minimum atomic E-state index is 0.532. The molecule has 2 N–H and O–H groups in total. The lowest BCUT2D eigenvalue weighted by Gasteiger charge is -2.21. The number of thiazole rings is 1. The molecule has 0 aliphatic carbocycles. The monoisotopic (exact) mass is 248 g/mol. The van der Waals surface area contributed by atoms with Crippen LogP contribution >= 0.6 is 11.3 Å².